The summed E-state index contributed by atoms with van der Waals surface area (Å²) in [6.07, 6.45) is 4.06. The number of hydrogen-bond acceptors (Lipinski definition) is 2. The molecule has 0 radical (unpaired) electrons. The third-order valence-corrected chi connectivity index (χ3v) is 1.18. The number of rotatable bonds is 6. The van der Waals surface area contributed by atoms with E-state index in [4.69, 9.17) is 16.4 Å². The molecule has 10 heavy (non-hydrogen) atoms. The van der Waals surface area contributed by atoms with Crippen LogP contribution in [0.4, 0.5) is 0 Å². The van der Waals surface area contributed by atoms with Gasteiger partial charge >= 0.3 is 0 Å². The maximum atomic E-state index is 5.25. The lowest BCUT2D eigenvalue weighted by molar-refractivity contribution is 0.0619. The van der Waals surface area contributed by atoms with E-state index in [1.54, 1.807) is 6.08 Å². The van der Waals surface area contributed by atoms with E-state index in [2.05, 4.69) is 12.4 Å². The van der Waals surface area contributed by atoms with E-state index >= 15 is 0 Å². The normalized spacial score (nSPS) is 11.0. The molecule has 0 aromatic heterocycles. The Morgan fingerprint density at radius 3 is 3.00 bits per heavy atom. The second-order valence-electron chi connectivity index (χ2n) is 1.92. The van der Waals surface area contributed by atoms with Gasteiger partial charge in [0.05, 0.1) is 6.61 Å². The molecular weight excluding hydrogens is 150 g/mol. The lowest BCUT2D eigenvalue weighted by atomic mass is 10.3. The largest absolute Gasteiger partial charge is 0.298 e. The molecule has 0 saturated heterocycles. The monoisotopic (exact) mass is 163 g/mol. The van der Waals surface area contributed by atoms with Gasteiger partial charge in [-0.25, -0.2) is 5.48 Å². The first-order valence-electron chi connectivity index (χ1n) is 3.51. The Kier molecular flexibility index (Phi) is 8.91. The van der Waals surface area contributed by atoms with Gasteiger partial charge in [0.1, 0.15) is 0 Å². The van der Waals surface area contributed by atoms with Crippen LogP contribution in [0.25, 0.3) is 0 Å². The SMILES string of the molecule is CCCCNOC/C=C/Cl. The number of hydroxylamine groups is 1. The Morgan fingerprint density at radius 1 is 1.60 bits per heavy atom. The van der Waals surface area contributed by atoms with Crippen LogP contribution in [0.2, 0.25) is 0 Å². The van der Waals surface area contributed by atoms with Crippen LogP contribution in [-0.4, -0.2) is 13.2 Å². The first kappa shape index (κ1) is 9.95. The summed E-state index contributed by atoms with van der Waals surface area (Å²) in [6.45, 7) is 3.58. The van der Waals surface area contributed by atoms with E-state index in [-0.39, 0.29) is 0 Å². The quantitative estimate of drug-likeness (QED) is 0.478. The minimum Gasteiger partial charge on any atom is -0.298 e. The average Bonchev–Trinajstić information content (AvgIpc) is 1.97. The molecular formula is C7H14ClNO. The van der Waals surface area contributed by atoms with Gasteiger partial charge in [0.2, 0.25) is 0 Å². The Labute approximate surface area is 67.2 Å². The van der Waals surface area contributed by atoms with Gasteiger partial charge < -0.3 is 0 Å². The van der Waals surface area contributed by atoms with E-state index in [1.165, 1.54) is 12.0 Å². The zero-order valence-electron chi connectivity index (χ0n) is 6.27. The number of nitrogens with one attached hydrogen (secondary N) is 1. The van der Waals surface area contributed by atoms with E-state index in [9.17, 15) is 0 Å². The summed E-state index contributed by atoms with van der Waals surface area (Å²) < 4.78 is 0. The van der Waals surface area contributed by atoms with Gasteiger partial charge in [-0.3, -0.25) is 4.84 Å². The fourth-order valence-corrected chi connectivity index (χ4v) is 0.537. The highest BCUT2D eigenvalue weighted by molar-refractivity contribution is 6.25. The molecule has 0 saturated carbocycles. The lowest BCUT2D eigenvalue weighted by Gasteiger charge is -2.00. The van der Waals surface area contributed by atoms with E-state index < -0.39 is 0 Å². The molecule has 0 fully saturated rings. The molecule has 0 aliphatic heterocycles. The maximum absolute atomic E-state index is 5.25. The van der Waals surface area contributed by atoms with E-state index in [0.717, 1.165) is 13.0 Å². The molecule has 0 rings (SSSR count). The third kappa shape index (κ3) is 7.95. The minimum atomic E-state index is 0.535. The first-order valence-corrected chi connectivity index (χ1v) is 3.95. The van der Waals surface area contributed by atoms with Crippen molar-refractivity contribution < 1.29 is 4.84 Å². The molecule has 3 heteroatoms. The van der Waals surface area contributed by atoms with Gasteiger partial charge in [0.15, 0.2) is 0 Å². The zero-order valence-corrected chi connectivity index (χ0v) is 7.03. The van der Waals surface area contributed by atoms with Crippen molar-refractivity contribution in [3.63, 3.8) is 0 Å². The number of halogens is 1. The van der Waals surface area contributed by atoms with Crippen LogP contribution in [0.5, 0.6) is 0 Å². The average molecular weight is 164 g/mol. The van der Waals surface area contributed by atoms with Crippen LogP contribution >= 0.6 is 11.6 Å². The molecule has 0 aromatic carbocycles. The molecule has 60 valence electrons. The molecule has 0 heterocycles. The van der Waals surface area contributed by atoms with Crippen molar-refractivity contribution in [2.45, 2.75) is 19.8 Å². The number of unbranched alkanes of at least 4 members (excludes halogenated alkanes) is 1. The fourth-order valence-electron chi connectivity index (χ4n) is 0.465. The molecule has 0 unspecified atom stereocenters. The lowest BCUT2D eigenvalue weighted by Crippen LogP contribution is -2.15. The molecule has 2 nitrogen and oxygen atoms in total. The topological polar surface area (TPSA) is 21.3 Å². The molecule has 0 aliphatic rings. The van der Waals surface area contributed by atoms with Gasteiger partial charge in [0, 0.05) is 12.1 Å². The Balaban J connectivity index is 2.77. The fraction of sp³-hybridized carbons (Fsp3) is 0.714. The van der Waals surface area contributed by atoms with Crippen LogP contribution in [0.15, 0.2) is 11.6 Å². The van der Waals surface area contributed by atoms with Crippen molar-refractivity contribution in [1.29, 1.82) is 0 Å². The van der Waals surface area contributed by atoms with Crippen LogP contribution in [-0.2, 0) is 4.84 Å². The smallest absolute Gasteiger partial charge is 0.0875 e. The predicted molar refractivity (Wildman–Crippen MR) is 43.9 cm³/mol. The van der Waals surface area contributed by atoms with Crippen molar-refractivity contribution >= 4 is 11.6 Å². The minimum absolute atomic E-state index is 0.535. The van der Waals surface area contributed by atoms with Gasteiger partial charge in [-0.1, -0.05) is 24.9 Å². The molecule has 0 amide bonds. The summed E-state index contributed by atoms with van der Waals surface area (Å²) in [5.74, 6) is 0. The van der Waals surface area contributed by atoms with E-state index in [0.29, 0.717) is 6.61 Å². The second-order valence-corrected chi connectivity index (χ2v) is 2.17. The van der Waals surface area contributed by atoms with Gasteiger partial charge in [-0.05, 0) is 12.5 Å². The predicted octanol–water partition coefficient (Wildman–Crippen LogP) is 2.06. The molecule has 0 aromatic rings. The van der Waals surface area contributed by atoms with Crippen LogP contribution < -0.4 is 5.48 Å². The van der Waals surface area contributed by atoms with Gasteiger partial charge in [-0.15, -0.1) is 0 Å². The molecule has 1 N–H and O–H groups in total. The highest BCUT2D eigenvalue weighted by atomic mass is 35.5. The van der Waals surface area contributed by atoms with Crippen molar-refractivity contribution in [3.05, 3.63) is 11.6 Å². The summed E-state index contributed by atoms with van der Waals surface area (Å²) in [5, 5.41) is 0. The summed E-state index contributed by atoms with van der Waals surface area (Å²) in [4.78, 5) is 4.95. The Morgan fingerprint density at radius 2 is 2.40 bits per heavy atom. The summed E-state index contributed by atoms with van der Waals surface area (Å²) in [6, 6.07) is 0. The summed E-state index contributed by atoms with van der Waals surface area (Å²) in [5.41, 5.74) is 4.26. The zero-order chi connectivity index (χ0) is 7.66. The standard InChI is InChI=1S/C7H14ClNO/c1-2-3-6-9-10-7-4-5-8/h4-5,9H,2-3,6-7H2,1H3/b5-4+. The summed E-state index contributed by atoms with van der Waals surface area (Å²) in [7, 11) is 0. The van der Waals surface area contributed by atoms with Crippen LogP contribution in [0, 0.1) is 0 Å². The Bertz CT molecular complexity index is 85.7. The van der Waals surface area contributed by atoms with E-state index in [1.807, 2.05) is 0 Å². The molecule has 0 atom stereocenters. The third-order valence-electron chi connectivity index (χ3n) is 1.00. The molecule has 0 bridgehead atoms. The van der Waals surface area contributed by atoms with Crippen molar-refractivity contribution in [3.8, 4) is 0 Å². The van der Waals surface area contributed by atoms with Crippen LogP contribution in [0.1, 0.15) is 19.8 Å². The van der Waals surface area contributed by atoms with Crippen molar-refractivity contribution in [1.82, 2.24) is 5.48 Å². The first-order chi connectivity index (χ1) is 4.91. The molecule has 0 aliphatic carbocycles. The Hall–Kier alpha value is -0.0500. The number of hydrogen-bond donors (Lipinski definition) is 1. The second kappa shape index (κ2) is 8.95. The highest BCUT2D eigenvalue weighted by Crippen LogP contribution is 1.83. The van der Waals surface area contributed by atoms with Crippen molar-refractivity contribution in [2.24, 2.45) is 0 Å². The molecule has 0 spiro atoms. The maximum Gasteiger partial charge on any atom is 0.0875 e. The van der Waals surface area contributed by atoms with Gasteiger partial charge in [-0.2, -0.15) is 0 Å². The van der Waals surface area contributed by atoms with Gasteiger partial charge in [0.25, 0.3) is 0 Å². The van der Waals surface area contributed by atoms with Crippen LogP contribution in [0.3, 0.4) is 0 Å². The van der Waals surface area contributed by atoms with Crippen molar-refractivity contribution in [2.75, 3.05) is 13.2 Å². The summed E-state index contributed by atoms with van der Waals surface area (Å²) >= 11 is 5.25. The highest BCUT2D eigenvalue weighted by Gasteiger charge is 1.82.